The highest BCUT2D eigenvalue weighted by molar-refractivity contribution is 7.99. The summed E-state index contributed by atoms with van der Waals surface area (Å²) in [5, 5.41) is 4.20. The fraction of sp³-hybridized carbons (Fsp3) is 0.238. The zero-order valence-corrected chi connectivity index (χ0v) is 17.1. The smallest absolute Gasteiger partial charge is 0.234 e. The van der Waals surface area contributed by atoms with Crippen molar-refractivity contribution in [2.45, 2.75) is 26.5 Å². The number of thioether (sulfide) groups is 1. The maximum Gasteiger partial charge on any atom is 0.234 e. The van der Waals surface area contributed by atoms with Gasteiger partial charge in [0, 0.05) is 33.6 Å². The molecule has 1 amide bonds. The Morgan fingerprint density at radius 1 is 1.07 bits per heavy atom. The molecule has 0 saturated heterocycles. The van der Waals surface area contributed by atoms with E-state index in [4.69, 9.17) is 11.6 Å². The minimum absolute atomic E-state index is 0.0135. The van der Waals surface area contributed by atoms with Gasteiger partial charge in [-0.15, -0.1) is 11.8 Å². The van der Waals surface area contributed by atoms with Gasteiger partial charge in [0.25, 0.3) is 0 Å². The van der Waals surface area contributed by atoms with E-state index in [9.17, 15) is 9.59 Å². The molecule has 0 atom stereocenters. The van der Waals surface area contributed by atoms with Crippen LogP contribution in [0.15, 0.2) is 41.2 Å². The quantitative estimate of drug-likeness (QED) is 0.635. The van der Waals surface area contributed by atoms with E-state index in [1.54, 1.807) is 18.2 Å². The summed E-state index contributed by atoms with van der Waals surface area (Å²) in [6.07, 6.45) is 0. The maximum absolute atomic E-state index is 12.5. The fourth-order valence-corrected chi connectivity index (χ4v) is 3.87. The highest BCUT2D eigenvalue weighted by Gasteiger charge is 2.09. The lowest BCUT2D eigenvalue weighted by molar-refractivity contribution is -0.113. The number of fused-ring (bicyclic) bond motifs is 1. The predicted octanol–water partition coefficient (Wildman–Crippen LogP) is 4.98. The van der Waals surface area contributed by atoms with E-state index in [1.807, 2.05) is 39.0 Å². The average molecular weight is 401 g/mol. The second-order valence-corrected chi connectivity index (χ2v) is 8.03. The number of aryl methyl sites for hydroxylation is 3. The third-order valence-corrected chi connectivity index (χ3v) is 5.64. The first kappa shape index (κ1) is 19.5. The van der Waals surface area contributed by atoms with Crippen LogP contribution in [0.3, 0.4) is 0 Å². The first-order valence-electron chi connectivity index (χ1n) is 8.61. The topological polar surface area (TPSA) is 62.0 Å². The van der Waals surface area contributed by atoms with Gasteiger partial charge < -0.3 is 10.3 Å². The Bertz CT molecular complexity index is 1080. The van der Waals surface area contributed by atoms with Crippen LogP contribution in [0.1, 0.15) is 22.4 Å². The van der Waals surface area contributed by atoms with E-state index in [2.05, 4.69) is 10.3 Å². The number of rotatable bonds is 5. The summed E-state index contributed by atoms with van der Waals surface area (Å²) >= 11 is 7.44. The van der Waals surface area contributed by atoms with E-state index >= 15 is 0 Å². The molecular weight excluding hydrogens is 380 g/mol. The van der Waals surface area contributed by atoms with Gasteiger partial charge in [-0.25, -0.2) is 0 Å². The zero-order chi connectivity index (χ0) is 19.6. The van der Waals surface area contributed by atoms with Crippen molar-refractivity contribution < 1.29 is 4.79 Å². The molecule has 2 aromatic carbocycles. The van der Waals surface area contributed by atoms with Gasteiger partial charge in [0.15, 0.2) is 5.43 Å². The van der Waals surface area contributed by atoms with Crippen molar-refractivity contribution in [3.63, 3.8) is 0 Å². The van der Waals surface area contributed by atoms with Crippen LogP contribution < -0.4 is 10.7 Å². The lowest BCUT2D eigenvalue weighted by atomic mass is 10.0. The van der Waals surface area contributed by atoms with Gasteiger partial charge in [-0.3, -0.25) is 9.59 Å². The van der Waals surface area contributed by atoms with Gasteiger partial charge >= 0.3 is 0 Å². The average Bonchev–Trinajstić information content (AvgIpc) is 2.61. The van der Waals surface area contributed by atoms with Gasteiger partial charge in [0.05, 0.1) is 11.3 Å². The Hall–Kier alpha value is -2.24. The van der Waals surface area contributed by atoms with E-state index in [0.29, 0.717) is 16.5 Å². The van der Waals surface area contributed by atoms with Gasteiger partial charge in [0.1, 0.15) is 0 Å². The minimum atomic E-state index is -0.0967. The number of benzene rings is 2. The normalized spacial score (nSPS) is 11.0. The number of halogens is 1. The first-order valence-corrected chi connectivity index (χ1v) is 10.1. The van der Waals surface area contributed by atoms with Gasteiger partial charge in [-0.2, -0.15) is 0 Å². The van der Waals surface area contributed by atoms with Crippen LogP contribution in [-0.4, -0.2) is 16.6 Å². The van der Waals surface area contributed by atoms with Crippen LogP contribution in [0, 0.1) is 20.8 Å². The highest BCUT2D eigenvalue weighted by atomic mass is 35.5. The van der Waals surface area contributed by atoms with Crippen LogP contribution >= 0.6 is 23.4 Å². The second kappa shape index (κ2) is 8.19. The maximum atomic E-state index is 12.5. The molecule has 0 bridgehead atoms. The molecule has 0 aliphatic rings. The number of carbonyl (C=O) groups is 1. The standard InChI is InChI=1S/C21H21ClN2O2S/c1-12-6-7-15(22)8-17(12)24-19(26)11-27-10-16-9-18(25)20-13(2)4-5-14(3)21(20)23-16/h4-9H,10-11H2,1-3H3,(H,23,25)(H,24,26). The third-order valence-electron chi connectivity index (χ3n) is 4.42. The Kier molecular flexibility index (Phi) is 5.92. The van der Waals surface area contributed by atoms with Gasteiger partial charge in [0.2, 0.25) is 5.91 Å². The number of nitrogens with one attached hydrogen (secondary N) is 2. The van der Waals surface area contributed by atoms with Crippen LogP contribution in [0.5, 0.6) is 0 Å². The molecular formula is C21H21ClN2O2S. The SMILES string of the molecule is Cc1ccc(Cl)cc1NC(=O)CSCc1cc(=O)c2c(C)ccc(C)c2[nH]1. The third kappa shape index (κ3) is 4.54. The zero-order valence-electron chi connectivity index (χ0n) is 15.5. The van der Waals surface area contributed by atoms with E-state index in [0.717, 1.165) is 39.0 Å². The summed E-state index contributed by atoms with van der Waals surface area (Å²) in [5.74, 6) is 0.750. The van der Waals surface area contributed by atoms with Crippen LogP contribution in [0.4, 0.5) is 5.69 Å². The lowest BCUT2D eigenvalue weighted by Crippen LogP contribution is -2.15. The molecule has 140 valence electrons. The molecule has 0 aliphatic heterocycles. The second-order valence-electron chi connectivity index (χ2n) is 6.61. The van der Waals surface area contributed by atoms with E-state index in [-0.39, 0.29) is 11.3 Å². The summed E-state index contributed by atoms with van der Waals surface area (Å²) in [6, 6.07) is 11.0. The summed E-state index contributed by atoms with van der Waals surface area (Å²) < 4.78 is 0. The lowest BCUT2D eigenvalue weighted by Gasteiger charge is -2.10. The molecule has 4 nitrogen and oxygen atoms in total. The molecule has 0 spiro atoms. The van der Waals surface area contributed by atoms with Crippen LogP contribution in [-0.2, 0) is 10.5 Å². The van der Waals surface area contributed by atoms with Crippen molar-refractivity contribution in [2.75, 3.05) is 11.1 Å². The molecule has 27 heavy (non-hydrogen) atoms. The Labute approximate surface area is 167 Å². The monoisotopic (exact) mass is 400 g/mol. The van der Waals surface area contributed by atoms with Crippen molar-refractivity contribution >= 4 is 45.9 Å². The number of H-pyrrole nitrogens is 1. The minimum Gasteiger partial charge on any atom is -0.357 e. The largest absolute Gasteiger partial charge is 0.357 e. The first-order chi connectivity index (χ1) is 12.8. The molecule has 0 aliphatic carbocycles. The van der Waals surface area contributed by atoms with Gasteiger partial charge in [-0.1, -0.05) is 29.8 Å². The van der Waals surface area contributed by atoms with Crippen molar-refractivity contribution in [1.82, 2.24) is 4.98 Å². The van der Waals surface area contributed by atoms with Crippen molar-refractivity contribution in [2.24, 2.45) is 0 Å². The molecule has 0 unspecified atom stereocenters. The van der Waals surface area contributed by atoms with E-state index in [1.165, 1.54) is 11.8 Å². The van der Waals surface area contributed by atoms with Crippen LogP contribution in [0.25, 0.3) is 10.9 Å². The van der Waals surface area contributed by atoms with Gasteiger partial charge in [-0.05, 0) is 49.6 Å². The number of aromatic amines is 1. The Balaban J connectivity index is 1.67. The molecule has 1 aromatic heterocycles. The molecule has 3 aromatic rings. The number of aromatic nitrogens is 1. The summed E-state index contributed by atoms with van der Waals surface area (Å²) in [6.45, 7) is 5.84. The van der Waals surface area contributed by atoms with Crippen molar-refractivity contribution in [1.29, 1.82) is 0 Å². The molecule has 0 fully saturated rings. The Morgan fingerprint density at radius 2 is 1.78 bits per heavy atom. The predicted molar refractivity (Wildman–Crippen MR) is 115 cm³/mol. The molecule has 3 rings (SSSR count). The fourth-order valence-electron chi connectivity index (χ4n) is 2.96. The number of amides is 1. The molecule has 2 N–H and O–H groups in total. The highest BCUT2D eigenvalue weighted by Crippen LogP contribution is 2.21. The van der Waals surface area contributed by atoms with Crippen molar-refractivity contribution in [3.8, 4) is 0 Å². The number of carbonyl (C=O) groups excluding carboxylic acids is 1. The molecule has 0 saturated carbocycles. The molecule has 0 radical (unpaired) electrons. The summed E-state index contributed by atoms with van der Waals surface area (Å²) in [4.78, 5) is 28.0. The van der Waals surface area contributed by atoms with E-state index < -0.39 is 0 Å². The number of hydrogen-bond acceptors (Lipinski definition) is 3. The Morgan fingerprint density at radius 3 is 2.56 bits per heavy atom. The number of hydrogen-bond donors (Lipinski definition) is 2. The van der Waals surface area contributed by atoms with Crippen LogP contribution in [0.2, 0.25) is 5.02 Å². The number of anilines is 1. The summed E-state index contributed by atoms with van der Waals surface area (Å²) in [5.41, 5.74) is 5.39. The molecule has 6 heteroatoms. The summed E-state index contributed by atoms with van der Waals surface area (Å²) in [7, 11) is 0. The molecule has 1 heterocycles. The number of pyridine rings is 1. The van der Waals surface area contributed by atoms with Crippen molar-refractivity contribution in [3.05, 3.63) is 74.0 Å².